The number of carbonyl (C=O) groups is 8. The predicted molar refractivity (Wildman–Crippen MR) is 179 cm³/mol. The fourth-order valence-corrected chi connectivity index (χ4v) is 6.48. The Morgan fingerprint density at radius 3 is 2.02 bits per heavy atom. The molecule has 6 unspecified atom stereocenters. The first-order chi connectivity index (χ1) is 22.9. The van der Waals surface area contributed by atoms with Crippen LogP contribution >= 0.6 is 23.5 Å². The zero-order valence-electron chi connectivity index (χ0n) is 26.4. The molecule has 9 N–H and O–H groups in total. The van der Waals surface area contributed by atoms with Gasteiger partial charge in [-0.2, -0.15) is 11.8 Å². The van der Waals surface area contributed by atoms with Gasteiger partial charge in [0, 0.05) is 36.8 Å². The number of hydrogen-bond acceptors (Lipinski definition) is 10. The van der Waals surface area contributed by atoms with Crippen LogP contribution in [0.15, 0.2) is 41.9 Å². The lowest BCUT2D eigenvalue weighted by atomic mass is 10.0. The normalized spacial score (nSPS) is 26.5. The van der Waals surface area contributed by atoms with E-state index in [1.807, 2.05) is 0 Å². The molecule has 48 heavy (non-hydrogen) atoms. The molecule has 0 radical (unpaired) electrons. The molecule has 1 aromatic carbocycles. The molecule has 1 saturated heterocycles. The van der Waals surface area contributed by atoms with Crippen molar-refractivity contribution in [3.8, 4) is 0 Å². The quantitative estimate of drug-likeness (QED) is 0.155. The van der Waals surface area contributed by atoms with E-state index in [9.17, 15) is 38.4 Å². The minimum absolute atomic E-state index is 0.00181. The summed E-state index contributed by atoms with van der Waals surface area (Å²) in [6.45, 7) is 2.79. The van der Waals surface area contributed by atoms with Crippen molar-refractivity contribution in [2.45, 2.75) is 69.4 Å². The first kappa shape index (κ1) is 37.9. The lowest BCUT2D eigenvalue weighted by Crippen LogP contribution is -2.60. The van der Waals surface area contributed by atoms with E-state index >= 15 is 0 Å². The Labute approximate surface area is 285 Å². The number of amides is 8. The third kappa shape index (κ3) is 11.9. The van der Waals surface area contributed by atoms with Crippen LogP contribution in [0.4, 0.5) is 0 Å². The van der Waals surface area contributed by atoms with Crippen molar-refractivity contribution in [3.63, 3.8) is 0 Å². The number of primary amides is 1. The van der Waals surface area contributed by atoms with Crippen LogP contribution in [-0.2, 0) is 44.8 Å². The molecule has 0 saturated carbocycles. The average Bonchev–Trinajstić information content (AvgIpc) is 3.04. The first-order valence-corrected chi connectivity index (χ1v) is 17.3. The first-order valence-electron chi connectivity index (χ1n) is 15.1. The van der Waals surface area contributed by atoms with Crippen molar-refractivity contribution >= 4 is 70.8 Å². The number of hydrogen-bond donors (Lipinski definition) is 8. The maximum Gasteiger partial charge on any atom is 0.247 e. The second-order valence-corrected chi connectivity index (χ2v) is 13.0. The Balaban J connectivity index is 2.06. The van der Waals surface area contributed by atoms with E-state index in [0.29, 0.717) is 0 Å². The van der Waals surface area contributed by atoms with E-state index in [4.69, 9.17) is 5.73 Å². The summed E-state index contributed by atoms with van der Waals surface area (Å²) in [5.74, 6) is -6.04. The molecular weight excluding hydrogens is 665 g/mol. The number of benzene rings is 1. The van der Waals surface area contributed by atoms with Gasteiger partial charge in [-0.05, 0) is 17.4 Å². The number of nitrogens with two attached hydrogens (primary N) is 1. The molecule has 1 fully saturated rings. The Morgan fingerprint density at radius 1 is 0.771 bits per heavy atom. The van der Waals surface area contributed by atoms with Crippen LogP contribution in [0.3, 0.4) is 0 Å². The van der Waals surface area contributed by atoms with E-state index < -0.39 is 89.9 Å². The van der Waals surface area contributed by atoms with Gasteiger partial charge in [0.05, 0.1) is 6.42 Å². The van der Waals surface area contributed by atoms with Gasteiger partial charge in [0.25, 0.3) is 0 Å². The SMILES string of the molecule is CCC1NC(=O)C(CC(N)=O)NC(=O)C(NC(C)=O)CSCC2NC(=O)C(Cc3ccccc3)NC(=O)C(CSC=CNC2=O)NC1=O. The molecule has 2 heterocycles. The van der Waals surface area contributed by atoms with Crippen LogP contribution in [0.1, 0.15) is 32.3 Å². The minimum atomic E-state index is -1.50. The third-order valence-corrected chi connectivity index (χ3v) is 9.17. The molecule has 260 valence electrons. The molecule has 8 amide bonds. The lowest BCUT2D eigenvalue weighted by Gasteiger charge is -2.26. The van der Waals surface area contributed by atoms with Crippen LogP contribution < -0.4 is 43.0 Å². The highest BCUT2D eigenvalue weighted by Crippen LogP contribution is 2.12. The Morgan fingerprint density at radius 2 is 1.38 bits per heavy atom. The Bertz CT molecular complexity index is 1410. The summed E-state index contributed by atoms with van der Waals surface area (Å²) >= 11 is 2.16. The maximum absolute atomic E-state index is 13.7. The molecule has 3 rings (SSSR count). The Hall–Kier alpha value is -4.58. The number of carbonyl (C=O) groups excluding carboxylic acids is 8. The molecule has 1 aromatic rings. The average molecular weight is 705 g/mol. The third-order valence-electron chi connectivity index (χ3n) is 7.18. The van der Waals surface area contributed by atoms with Gasteiger partial charge in [-0.1, -0.05) is 37.3 Å². The van der Waals surface area contributed by atoms with Gasteiger partial charge >= 0.3 is 0 Å². The topological polar surface area (TPSA) is 247 Å². The summed E-state index contributed by atoms with van der Waals surface area (Å²) < 4.78 is 0. The molecule has 16 nitrogen and oxygen atoms in total. The smallest absolute Gasteiger partial charge is 0.247 e. The van der Waals surface area contributed by atoms with E-state index in [0.717, 1.165) is 29.1 Å². The molecule has 0 spiro atoms. The van der Waals surface area contributed by atoms with Gasteiger partial charge in [-0.3, -0.25) is 38.4 Å². The molecular formula is C30H40N8O8S2. The van der Waals surface area contributed by atoms with Crippen LogP contribution in [0, 0.1) is 0 Å². The summed E-state index contributed by atoms with van der Waals surface area (Å²) in [4.78, 5) is 104. The highest BCUT2D eigenvalue weighted by Gasteiger charge is 2.34. The van der Waals surface area contributed by atoms with Gasteiger partial charge in [0.1, 0.15) is 36.3 Å². The molecule has 0 aliphatic carbocycles. The second-order valence-electron chi connectivity index (χ2n) is 11.0. The maximum atomic E-state index is 13.7. The van der Waals surface area contributed by atoms with E-state index in [1.165, 1.54) is 18.5 Å². The van der Waals surface area contributed by atoms with Gasteiger partial charge in [-0.25, -0.2) is 0 Å². The zero-order valence-corrected chi connectivity index (χ0v) is 28.0. The lowest BCUT2D eigenvalue weighted by molar-refractivity contribution is -0.135. The van der Waals surface area contributed by atoms with Crippen molar-refractivity contribution in [3.05, 3.63) is 47.5 Å². The van der Waals surface area contributed by atoms with Gasteiger partial charge in [-0.15, -0.1) is 11.8 Å². The van der Waals surface area contributed by atoms with E-state index in [2.05, 4.69) is 37.2 Å². The van der Waals surface area contributed by atoms with Crippen molar-refractivity contribution in [2.75, 3.05) is 17.3 Å². The molecule has 2 bridgehead atoms. The number of thioether (sulfide) groups is 2. The van der Waals surface area contributed by atoms with Crippen molar-refractivity contribution < 1.29 is 38.4 Å². The summed E-state index contributed by atoms with van der Waals surface area (Å²) in [6, 6.07) is 1.47. The van der Waals surface area contributed by atoms with E-state index in [1.54, 1.807) is 37.3 Å². The number of rotatable bonds is 6. The fourth-order valence-electron chi connectivity index (χ4n) is 4.70. The zero-order chi connectivity index (χ0) is 35.2. The van der Waals surface area contributed by atoms with Crippen LogP contribution in [0.5, 0.6) is 0 Å². The fraction of sp³-hybridized carbons (Fsp3) is 0.467. The van der Waals surface area contributed by atoms with Gasteiger partial charge in [0.15, 0.2) is 0 Å². The molecule has 2 aliphatic heterocycles. The Kier molecular flexibility index (Phi) is 14.7. The highest BCUT2D eigenvalue weighted by atomic mass is 32.2. The highest BCUT2D eigenvalue weighted by molar-refractivity contribution is 8.02. The summed E-state index contributed by atoms with van der Waals surface area (Å²) in [7, 11) is 0. The number of fused-ring (bicyclic) bond motifs is 6. The van der Waals surface area contributed by atoms with Crippen molar-refractivity contribution in [2.24, 2.45) is 5.73 Å². The van der Waals surface area contributed by atoms with E-state index in [-0.39, 0.29) is 30.1 Å². The largest absolute Gasteiger partial charge is 0.370 e. The monoisotopic (exact) mass is 704 g/mol. The summed E-state index contributed by atoms with van der Waals surface area (Å²) in [5.41, 5.74) is 6.06. The summed E-state index contributed by atoms with van der Waals surface area (Å²) in [5, 5.41) is 19.5. The van der Waals surface area contributed by atoms with Crippen LogP contribution in [0.2, 0.25) is 0 Å². The number of nitrogens with one attached hydrogen (secondary N) is 7. The minimum Gasteiger partial charge on any atom is -0.370 e. The standard InChI is InChI=1S/C30H40N8O8S2/c1-3-18-26(42)38-23-13-47-10-9-32-25(41)21(37-27(43)19(35-30(23)46)11-17-7-5-4-6-8-17)14-48-15-22(33-16(2)39)29(45)36-20(12-24(31)40)28(44)34-18/h4-10,18-23H,3,11-15H2,1-2H3,(H2,31,40)(H,32,41)(H,33,39)(H,34,44)(H,35,46)(H,36,45)(H,37,43)(H,38,42). The second kappa shape index (κ2) is 18.7. The van der Waals surface area contributed by atoms with Crippen LogP contribution in [-0.4, -0.2) is 101 Å². The molecule has 6 atom stereocenters. The van der Waals surface area contributed by atoms with Crippen molar-refractivity contribution in [1.82, 2.24) is 37.2 Å². The molecule has 18 heteroatoms. The molecule has 0 aromatic heterocycles. The molecule has 2 aliphatic rings. The van der Waals surface area contributed by atoms with Gasteiger partial charge in [0.2, 0.25) is 47.3 Å². The van der Waals surface area contributed by atoms with Gasteiger partial charge < -0.3 is 43.0 Å². The predicted octanol–water partition coefficient (Wildman–Crippen LogP) is -2.48. The van der Waals surface area contributed by atoms with Crippen molar-refractivity contribution in [1.29, 1.82) is 0 Å². The van der Waals surface area contributed by atoms with Crippen LogP contribution in [0.25, 0.3) is 0 Å². The summed E-state index contributed by atoms with van der Waals surface area (Å²) in [6.07, 6.45) is 0.854.